The SMILES string of the molecule is N#CCOc1ccc(CNCC(O)C2CC2)cc1. The van der Waals surface area contributed by atoms with Crippen LogP contribution in [0.5, 0.6) is 5.75 Å². The van der Waals surface area contributed by atoms with E-state index in [2.05, 4.69) is 5.32 Å². The largest absolute Gasteiger partial charge is 0.479 e. The summed E-state index contributed by atoms with van der Waals surface area (Å²) in [6, 6.07) is 9.56. The third kappa shape index (κ3) is 4.02. The van der Waals surface area contributed by atoms with Gasteiger partial charge in [0.25, 0.3) is 0 Å². The van der Waals surface area contributed by atoms with E-state index in [0.29, 0.717) is 18.2 Å². The normalized spacial score (nSPS) is 16.0. The molecule has 0 aromatic heterocycles. The molecule has 0 spiro atoms. The summed E-state index contributed by atoms with van der Waals surface area (Å²) in [5, 5.41) is 21.3. The maximum absolute atomic E-state index is 9.70. The van der Waals surface area contributed by atoms with Gasteiger partial charge in [0.1, 0.15) is 11.8 Å². The zero-order valence-corrected chi connectivity index (χ0v) is 10.3. The zero-order chi connectivity index (χ0) is 12.8. The fourth-order valence-electron chi connectivity index (χ4n) is 1.83. The minimum Gasteiger partial charge on any atom is -0.479 e. The first-order valence-corrected chi connectivity index (χ1v) is 6.27. The molecule has 2 rings (SSSR count). The third-order valence-corrected chi connectivity index (χ3v) is 3.08. The van der Waals surface area contributed by atoms with Gasteiger partial charge in [0.2, 0.25) is 0 Å². The first kappa shape index (κ1) is 12.9. The molecular formula is C14H18N2O2. The lowest BCUT2D eigenvalue weighted by molar-refractivity contribution is 0.148. The molecule has 1 aromatic rings. The van der Waals surface area contributed by atoms with E-state index in [-0.39, 0.29) is 12.7 Å². The van der Waals surface area contributed by atoms with Gasteiger partial charge < -0.3 is 15.2 Å². The lowest BCUT2D eigenvalue weighted by Gasteiger charge is -2.10. The number of rotatable bonds is 7. The Bertz CT molecular complexity index is 407. The Balaban J connectivity index is 1.70. The topological polar surface area (TPSA) is 65.3 Å². The van der Waals surface area contributed by atoms with Crippen molar-refractivity contribution in [1.29, 1.82) is 5.26 Å². The first-order chi connectivity index (χ1) is 8.79. The van der Waals surface area contributed by atoms with Crippen LogP contribution < -0.4 is 10.1 Å². The van der Waals surface area contributed by atoms with E-state index < -0.39 is 0 Å². The molecule has 1 aliphatic carbocycles. The molecule has 1 saturated carbocycles. The van der Waals surface area contributed by atoms with E-state index in [1.165, 1.54) is 0 Å². The van der Waals surface area contributed by atoms with Gasteiger partial charge in [0.05, 0.1) is 6.10 Å². The second-order valence-corrected chi connectivity index (χ2v) is 4.63. The van der Waals surface area contributed by atoms with Gasteiger partial charge in [-0.25, -0.2) is 0 Å². The van der Waals surface area contributed by atoms with Crippen molar-refractivity contribution in [3.63, 3.8) is 0 Å². The highest BCUT2D eigenvalue weighted by Crippen LogP contribution is 2.32. The number of nitriles is 1. The summed E-state index contributed by atoms with van der Waals surface area (Å²) in [4.78, 5) is 0. The Morgan fingerprint density at radius 2 is 2.11 bits per heavy atom. The van der Waals surface area contributed by atoms with Gasteiger partial charge in [-0.3, -0.25) is 0 Å². The molecule has 1 aromatic carbocycles. The van der Waals surface area contributed by atoms with Crippen molar-refractivity contribution in [3.8, 4) is 11.8 Å². The van der Waals surface area contributed by atoms with Crippen LogP contribution in [0.4, 0.5) is 0 Å². The smallest absolute Gasteiger partial charge is 0.174 e. The Hall–Kier alpha value is -1.57. The summed E-state index contributed by atoms with van der Waals surface area (Å²) >= 11 is 0. The van der Waals surface area contributed by atoms with Crippen molar-refractivity contribution >= 4 is 0 Å². The van der Waals surface area contributed by atoms with Crippen LogP contribution in [0.1, 0.15) is 18.4 Å². The number of ether oxygens (including phenoxy) is 1. The molecule has 4 nitrogen and oxygen atoms in total. The molecule has 0 amide bonds. The maximum atomic E-state index is 9.70. The third-order valence-electron chi connectivity index (χ3n) is 3.08. The number of nitrogens with one attached hydrogen (secondary N) is 1. The van der Waals surface area contributed by atoms with Crippen molar-refractivity contribution in [3.05, 3.63) is 29.8 Å². The molecule has 0 bridgehead atoms. The van der Waals surface area contributed by atoms with Crippen LogP contribution in [0.3, 0.4) is 0 Å². The number of hydrogen-bond acceptors (Lipinski definition) is 4. The second-order valence-electron chi connectivity index (χ2n) is 4.63. The summed E-state index contributed by atoms with van der Waals surface area (Å²) in [5.74, 6) is 1.22. The highest BCUT2D eigenvalue weighted by atomic mass is 16.5. The number of benzene rings is 1. The molecule has 0 aliphatic heterocycles. The van der Waals surface area contributed by atoms with E-state index in [9.17, 15) is 5.11 Å². The van der Waals surface area contributed by atoms with Crippen LogP contribution in [0.25, 0.3) is 0 Å². The molecule has 0 saturated heterocycles. The van der Waals surface area contributed by atoms with Crippen LogP contribution in [0, 0.1) is 17.2 Å². The summed E-state index contributed by atoms with van der Waals surface area (Å²) in [7, 11) is 0. The highest BCUT2D eigenvalue weighted by Gasteiger charge is 2.28. The molecule has 2 N–H and O–H groups in total. The maximum Gasteiger partial charge on any atom is 0.174 e. The van der Waals surface area contributed by atoms with Gasteiger partial charge in [-0.15, -0.1) is 0 Å². The van der Waals surface area contributed by atoms with Gasteiger partial charge in [-0.2, -0.15) is 5.26 Å². The molecule has 18 heavy (non-hydrogen) atoms. The standard InChI is InChI=1S/C14H18N2O2/c15-7-8-18-13-5-1-11(2-6-13)9-16-10-14(17)12-3-4-12/h1-2,5-6,12,14,16-17H,3-4,8-10H2. The Kier molecular flexibility index (Phi) is 4.57. The Morgan fingerprint density at radius 3 is 2.72 bits per heavy atom. The minimum absolute atomic E-state index is 0.0746. The molecule has 1 aliphatic rings. The quantitative estimate of drug-likeness (QED) is 0.764. The van der Waals surface area contributed by atoms with Crippen LogP contribution in [0.15, 0.2) is 24.3 Å². The molecule has 4 heteroatoms. The van der Waals surface area contributed by atoms with Crippen LogP contribution >= 0.6 is 0 Å². The average molecular weight is 246 g/mol. The van der Waals surface area contributed by atoms with E-state index in [1.807, 2.05) is 30.3 Å². The summed E-state index contributed by atoms with van der Waals surface area (Å²) in [6.45, 7) is 1.46. The molecular weight excluding hydrogens is 228 g/mol. The van der Waals surface area contributed by atoms with Crippen LogP contribution in [-0.2, 0) is 6.54 Å². The van der Waals surface area contributed by atoms with Crippen LogP contribution in [0.2, 0.25) is 0 Å². The minimum atomic E-state index is -0.205. The van der Waals surface area contributed by atoms with E-state index in [0.717, 1.165) is 24.9 Å². The van der Waals surface area contributed by atoms with Crippen molar-refractivity contribution in [2.75, 3.05) is 13.2 Å². The molecule has 1 fully saturated rings. The molecule has 0 radical (unpaired) electrons. The second kappa shape index (κ2) is 6.39. The Labute approximate surface area is 107 Å². The predicted octanol–water partition coefficient (Wildman–Crippen LogP) is 1.45. The van der Waals surface area contributed by atoms with Crippen molar-refractivity contribution in [2.24, 2.45) is 5.92 Å². The lowest BCUT2D eigenvalue weighted by Crippen LogP contribution is -2.27. The van der Waals surface area contributed by atoms with Gasteiger partial charge in [-0.1, -0.05) is 12.1 Å². The Morgan fingerprint density at radius 1 is 1.39 bits per heavy atom. The summed E-state index contributed by atoms with van der Waals surface area (Å²) in [6.07, 6.45) is 2.12. The summed E-state index contributed by atoms with van der Waals surface area (Å²) in [5.41, 5.74) is 1.14. The van der Waals surface area contributed by atoms with Gasteiger partial charge >= 0.3 is 0 Å². The van der Waals surface area contributed by atoms with Crippen LogP contribution in [-0.4, -0.2) is 24.4 Å². The van der Waals surface area contributed by atoms with Crippen molar-refractivity contribution in [1.82, 2.24) is 5.32 Å². The monoisotopic (exact) mass is 246 g/mol. The average Bonchev–Trinajstić information content (AvgIpc) is 3.22. The number of hydrogen-bond donors (Lipinski definition) is 2. The lowest BCUT2D eigenvalue weighted by atomic mass is 10.2. The number of aliphatic hydroxyl groups is 1. The predicted molar refractivity (Wildman–Crippen MR) is 68.0 cm³/mol. The van der Waals surface area contributed by atoms with Gasteiger partial charge in [-0.05, 0) is 36.5 Å². The molecule has 1 unspecified atom stereocenters. The summed E-state index contributed by atoms with van der Waals surface area (Å²) < 4.78 is 5.17. The first-order valence-electron chi connectivity index (χ1n) is 6.27. The van der Waals surface area contributed by atoms with Crippen molar-refractivity contribution < 1.29 is 9.84 Å². The van der Waals surface area contributed by atoms with E-state index >= 15 is 0 Å². The van der Waals surface area contributed by atoms with Gasteiger partial charge in [0, 0.05) is 13.1 Å². The van der Waals surface area contributed by atoms with E-state index in [1.54, 1.807) is 0 Å². The molecule has 1 atom stereocenters. The van der Waals surface area contributed by atoms with Crippen molar-refractivity contribution in [2.45, 2.75) is 25.5 Å². The zero-order valence-electron chi connectivity index (χ0n) is 10.3. The number of aliphatic hydroxyl groups excluding tert-OH is 1. The fraction of sp³-hybridized carbons (Fsp3) is 0.500. The highest BCUT2D eigenvalue weighted by molar-refractivity contribution is 5.27. The molecule has 96 valence electrons. The number of nitrogens with zero attached hydrogens (tertiary/aromatic N) is 1. The molecule has 0 heterocycles. The fourth-order valence-corrected chi connectivity index (χ4v) is 1.83. The van der Waals surface area contributed by atoms with E-state index in [4.69, 9.17) is 10.00 Å². The van der Waals surface area contributed by atoms with Gasteiger partial charge in [0.15, 0.2) is 6.61 Å².